The van der Waals surface area contributed by atoms with Crippen LogP contribution in [-0.2, 0) is 4.79 Å². The minimum absolute atomic E-state index is 0.0592. The number of aliphatic hydroxyl groups excluding tert-OH is 1. The Morgan fingerprint density at radius 1 is 1.05 bits per heavy atom. The van der Waals surface area contributed by atoms with Crippen LogP contribution in [0.3, 0.4) is 0 Å². The molecule has 6 aliphatic rings. The Morgan fingerprint density at radius 3 is 2.39 bits per heavy atom. The van der Waals surface area contributed by atoms with Crippen LogP contribution in [0, 0.1) is 63.2 Å². The zero-order valence-corrected chi connectivity index (χ0v) is 25.0. The molecule has 0 aromatic heterocycles. The van der Waals surface area contributed by atoms with Crippen molar-refractivity contribution in [1.29, 1.82) is 0 Å². The third-order valence-corrected chi connectivity index (χ3v) is 14.1. The number of hydrogen-bond donors (Lipinski definition) is 1. The van der Waals surface area contributed by atoms with E-state index in [1.54, 1.807) is 0 Å². The standard InChI is InChI=1S/C34H50N2O2/c1-21-10-13-34(20-36-16-9-17-36)15-14-33(7)28(27(34)22(21)2)24(37)18-26-31(5)19-23(35-8)29(38)30(3,4)25(31)11-12-32(26,33)6/h18,21-22,25,27-28,38H,9-17,19-20H2,1-7H3/t21-,22+,25+,27+,28-,31+,32-,33-,34-/m1/s1. The molecule has 1 aliphatic heterocycles. The van der Waals surface area contributed by atoms with Crippen molar-refractivity contribution < 1.29 is 9.90 Å². The number of aliphatic hydroxyl groups is 1. The second kappa shape index (κ2) is 8.22. The highest BCUT2D eigenvalue weighted by atomic mass is 16.3. The molecule has 1 saturated heterocycles. The fourth-order valence-electron chi connectivity index (χ4n) is 11.5. The molecule has 38 heavy (non-hydrogen) atoms. The summed E-state index contributed by atoms with van der Waals surface area (Å²) in [5.41, 5.74) is 1.22. The van der Waals surface area contributed by atoms with Crippen molar-refractivity contribution in [3.63, 3.8) is 0 Å². The molecule has 5 aliphatic carbocycles. The Hall–Kier alpha value is -1.60. The van der Waals surface area contributed by atoms with Crippen molar-refractivity contribution in [2.45, 2.75) is 99.8 Å². The first kappa shape index (κ1) is 26.6. The van der Waals surface area contributed by atoms with Crippen LogP contribution >= 0.6 is 0 Å². The summed E-state index contributed by atoms with van der Waals surface area (Å²) in [6, 6.07) is 0. The number of ketones is 1. The molecule has 4 heteroatoms. The van der Waals surface area contributed by atoms with Gasteiger partial charge in [0.05, 0.1) is 6.57 Å². The summed E-state index contributed by atoms with van der Waals surface area (Å²) in [6.45, 7) is 27.9. The van der Waals surface area contributed by atoms with Crippen molar-refractivity contribution in [3.8, 4) is 0 Å². The van der Waals surface area contributed by atoms with Crippen molar-refractivity contribution in [1.82, 2.24) is 4.90 Å². The van der Waals surface area contributed by atoms with Crippen LogP contribution in [0.1, 0.15) is 99.8 Å². The van der Waals surface area contributed by atoms with Gasteiger partial charge in [0.1, 0.15) is 5.76 Å². The number of carbonyl (C=O) groups excluding carboxylic acids is 1. The van der Waals surface area contributed by atoms with E-state index in [1.807, 2.05) is 0 Å². The highest BCUT2D eigenvalue weighted by Gasteiger charge is 2.70. The van der Waals surface area contributed by atoms with Gasteiger partial charge in [-0.1, -0.05) is 54.0 Å². The molecule has 0 bridgehead atoms. The minimum Gasteiger partial charge on any atom is -0.523 e. The third-order valence-electron chi connectivity index (χ3n) is 14.1. The first-order valence-corrected chi connectivity index (χ1v) is 15.5. The van der Waals surface area contributed by atoms with Gasteiger partial charge < -0.3 is 10.0 Å². The van der Waals surface area contributed by atoms with Crippen LogP contribution in [0.2, 0.25) is 0 Å². The van der Waals surface area contributed by atoms with E-state index in [0.717, 1.165) is 19.3 Å². The molecular weight excluding hydrogens is 468 g/mol. The van der Waals surface area contributed by atoms with Gasteiger partial charge in [0.2, 0.25) is 5.70 Å². The second-order valence-corrected chi connectivity index (χ2v) is 15.9. The van der Waals surface area contributed by atoms with Gasteiger partial charge in [-0.25, -0.2) is 4.85 Å². The van der Waals surface area contributed by atoms with Crippen LogP contribution in [0.15, 0.2) is 23.1 Å². The summed E-state index contributed by atoms with van der Waals surface area (Å²) in [4.78, 5) is 21.1. The molecule has 4 fully saturated rings. The number of carbonyl (C=O) groups is 1. The molecule has 1 N–H and O–H groups in total. The van der Waals surface area contributed by atoms with E-state index in [4.69, 9.17) is 6.57 Å². The molecule has 208 valence electrons. The topological polar surface area (TPSA) is 44.9 Å². The molecule has 4 nitrogen and oxygen atoms in total. The third kappa shape index (κ3) is 3.15. The van der Waals surface area contributed by atoms with E-state index in [-0.39, 0.29) is 39.3 Å². The number of hydrogen-bond acceptors (Lipinski definition) is 3. The largest absolute Gasteiger partial charge is 0.523 e. The molecule has 0 amide bonds. The van der Waals surface area contributed by atoms with E-state index in [9.17, 15) is 9.90 Å². The van der Waals surface area contributed by atoms with Gasteiger partial charge in [-0.3, -0.25) is 4.79 Å². The molecule has 1 heterocycles. The van der Waals surface area contributed by atoms with Crippen molar-refractivity contribution in [3.05, 3.63) is 34.5 Å². The van der Waals surface area contributed by atoms with Crippen LogP contribution in [0.25, 0.3) is 4.85 Å². The molecular formula is C34H50N2O2. The summed E-state index contributed by atoms with van der Waals surface area (Å²) < 4.78 is 0. The first-order chi connectivity index (χ1) is 17.7. The average molecular weight is 519 g/mol. The van der Waals surface area contributed by atoms with Gasteiger partial charge in [-0.05, 0) is 116 Å². The normalized spacial score (nSPS) is 50.0. The van der Waals surface area contributed by atoms with Crippen molar-refractivity contribution >= 4 is 5.78 Å². The molecule has 0 aromatic rings. The summed E-state index contributed by atoms with van der Waals surface area (Å²) in [5, 5.41) is 11.1. The Labute approximate surface area is 231 Å². The average Bonchev–Trinajstić information content (AvgIpc) is 2.83. The van der Waals surface area contributed by atoms with Gasteiger partial charge in [0.25, 0.3) is 0 Å². The number of likely N-dealkylation sites (tertiary alicyclic amines) is 1. The minimum atomic E-state index is -0.456. The van der Waals surface area contributed by atoms with Gasteiger partial charge in [-0.2, -0.15) is 0 Å². The summed E-state index contributed by atoms with van der Waals surface area (Å²) in [6.07, 6.45) is 11.1. The van der Waals surface area contributed by atoms with E-state index in [1.165, 1.54) is 50.9 Å². The highest BCUT2D eigenvalue weighted by molar-refractivity contribution is 5.95. The fourth-order valence-corrected chi connectivity index (χ4v) is 11.5. The lowest BCUT2D eigenvalue weighted by Crippen LogP contribution is -2.66. The molecule has 9 atom stereocenters. The van der Waals surface area contributed by atoms with Crippen LogP contribution < -0.4 is 0 Å². The predicted molar refractivity (Wildman–Crippen MR) is 152 cm³/mol. The number of nitrogens with zero attached hydrogens (tertiary/aromatic N) is 2. The molecule has 0 unspecified atom stereocenters. The highest BCUT2D eigenvalue weighted by Crippen LogP contribution is 2.75. The molecule has 0 aromatic carbocycles. The maximum absolute atomic E-state index is 14.6. The summed E-state index contributed by atoms with van der Waals surface area (Å²) in [7, 11) is 0. The quantitative estimate of drug-likeness (QED) is 0.379. The second-order valence-electron chi connectivity index (χ2n) is 15.9. The lowest BCUT2D eigenvalue weighted by atomic mass is 9.33. The van der Waals surface area contributed by atoms with Gasteiger partial charge in [-0.15, -0.1) is 0 Å². The number of allylic oxidation sites excluding steroid dienone is 4. The maximum atomic E-state index is 14.6. The number of fused-ring (bicyclic) bond motifs is 7. The maximum Gasteiger partial charge on any atom is 0.203 e. The molecule has 0 radical (unpaired) electrons. The zero-order chi connectivity index (χ0) is 27.5. The van der Waals surface area contributed by atoms with Crippen LogP contribution in [0.4, 0.5) is 0 Å². The van der Waals surface area contributed by atoms with Gasteiger partial charge in [0, 0.05) is 17.9 Å². The van der Waals surface area contributed by atoms with Crippen LogP contribution in [0.5, 0.6) is 0 Å². The lowest BCUT2D eigenvalue weighted by Gasteiger charge is -2.70. The van der Waals surface area contributed by atoms with E-state index in [2.05, 4.69) is 64.3 Å². The smallest absolute Gasteiger partial charge is 0.203 e. The number of rotatable bonds is 2. The zero-order valence-electron chi connectivity index (χ0n) is 25.0. The van der Waals surface area contributed by atoms with Gasteiger partial charge in [0.15, 0.2) is 5.78 Å². The Balaban J connectivity index is 1.48. The molecule has 6 rings (SSSR count). The van der Waals surface area contributed by atoms with E-state index >= 15 is 0 Å². The monoisotopic (exact) mass is 518 g/mol. The van der Waals surface area contributed by atoms with E-state index < -0.39 is 5.41 Å². The summed E-state index contributed by atoms with van der Waals surface area (Å²) in [5.74, 6) is 2.65. The van der Waals surface area contributed by atoms with E-state index in [0.29, 0.717) is 35.7 Å². The molecule has 0 spiro atoms. The predicted octanol–water partition coefficient (Wildman–Crippen LogP) is 7.83. The Kier molecular flexibility index (Phi) is 5.76. The van der Waals surface area contributed by atoms with Crippen molar-refractivity contribution in [2.75, 3.05) is 19.6 Å². The Morgan fingerprint density at radius 2 is 1.76 bits per heavy atom. The summed E-state index contributed by atoms with van der Waals surface area (Å²) >= 11 is 0. The fraction of sp³-hybridized carbons (Fsp3) is 0.824. The molecule has 3 saturated carbocycles. The Bertz CT molecular complexity index is 1160. The van der Waals surface area contributed by atoms with Crippen molar-refractivity contribution in [2.24, 2.45) is 56.7 Å². The van der Waals surface area contributed by atoms with Gasteiger partial charge >= 0.3 is 0 Å². The SMILES string of the molecule is [C-]#[N+]C1=C(O)C(C)(C)[C@@H]2CC[C@]3(C)C(=CC(=O)[C@@H]4[C@@H]5[C@@H](C)[C@H](C)CC[C@]5(CN5CCC5)CC[C@]43C)[C@@]2(C)C1. The van der Waals surface area contributed by atoms with Crippen LogP contribution in [-0.4, -0.2) is 35.4 Å². The first-order valence-electron chi connectivity index (χ1n) is 15.5. The lowest BCUT2D eigenvalue weighted by molar-refractivity contribution is -0.183.